The monoisotopic (exact) mass is 358 g/mol. The first-order chi connectivity index (χ1) is 9.99. The van der Waals surface area contributed by atoms with Gasteiger partial charge in [-0.15, -0.1) is 34.8 Å². The van der Waals surface area contributed by atoms with Gasteiger partial charge in [0.1, 0.15) is 11.4 Å². The van der Waals surface area contributed by atoms with Crippen molar-refractivity contribution in [1.29, 1.82) is 0 Å². The van der Waals surface area contributed by atoms with E-state index in [1.165, 1.54) is 0 Å². The molecule has 1 rings (SSSR count). The van der Waals surface area contributed by atoms with E-state index in [0.717, 1.165) is 25.7 Å². The highest BCUT2D eigenvalue weighted by Gasteiger charge is 2.24. The Balaban J connectivity index is 2.07. The lowest BCUT2D eigenvalue weighted by atomic mass is 9.89. The summed E-state index contributed by atoms with van der Waals surface area (Å²) >= 11 is 17.1. The van der Waals surface area contributed by atoms with Crippen LogP contribution in [0.3, 0.4) is 0 Å². The third kappa shape index (κ3) is 8.74. The standard InChI is InChI=1S/C14H21Cl3O4/c15-11-5-2-1-4-10(11)8-20-13(18)6-3-7-14(19)21-9-12(16)17/h10-12H,1-9H2. The first-order valence-electron chi connectivity index (χ1n) is 7.22. The smallest absolute Gasteiger partial charge is 0.305 e. The number of hydrogen-bond acceptors (Lipinski definition) is 4. The first kappa shape index (κ1) is 18.9. The zero-order valence-electron chi connectivity index (χ0n) is 11.9. The van der Waals surface area contributed by atoms with Crippen LogP contribution in [0.1, 0.15) is 44.9 Å². The molecule has 1 aliphatic carbocycles. The fraction of sp³-hybridized carbons (Fsp3) is 0.857. The predicted molar refractivity (Wildman–Crippen MR) is 82.9 cm³/mol. The number of esters is 2. The lowest BCUT2D eigenvalue weighted by Crippen LogP contribution is -2.25. The molecule has 0 aromatic rings. The fourth-order valence-corrected chi connectivity index (χ4v) is 2.71. The molecule has 2 unspecified atom stereocenters. The van der Waals surface area contributed by atoms with Gasteiger partial charge >= 0.3 is 11.9 Å². The van der Waals surface area contributed by atoms with Gasteiger partial charge < -0.3 is 9.47 Å². The Bertz CT molecular complexity index is 336. The summed E-state index contributed by atoms with van der Waals surface area (Å²) in [5, 5.41) is 0.0978. The fourth-order valence-electron chi connectivity index (χ4n) is 2.23. The maximum Gasteiger partial charge on any atom is 0.305 e. The quantitative estimate of drug-likeness (QED) is 0.488. The summed E-state index contributed by atoms with van der Waals surface area (Å²) in [7, 11) is 0. The molecular weight excluding hydrogens is 339 g/mol. The van der Waals surface area contributed by atoms with E-state index in [9.17, 15) is 9.59 Å². The van der Waals surface area contributed by atoms with Gasteiger partial charge in [-0.2, -0.15) is 0 Å². The average Bonchev–Trinajstić information content (AvgIpc) is 2.44. The van der Waals surface area contributed by atoms with Gasteiger partial charge in [-0.1, -0.05) is 12.8 Å². The Labute approximate surface area is 140 Å². The van der Waals surface area contributed by atoms with E-state index in [1.54, 1.807) is 0 Å². The molecule has 0 aliphatic heterocycles. The van der Waals surface area contributed by atoms with Crippen LogP contribution in [0.2, 0.25) is 0 Å². The third-order valence-electron chi connectivity index (χ3n) is 3.41. The minimum Gasteiger partial charge on any atom is -0.465 e. The molecule has 7 heteroatoms. The van der Waals surface area contributed by atoms with Crippen molar-refractivity contribution in [3.63, 3.8) is 0 Å². The van der Waals surface area contributed by atoms with Crippen LogP contribution in [-0.2, 0) is 19.1 Å². The number of halogens is 3. The minimum atomic E-state index is -0.724. The van der Waals surface area contributed by atoms with Crippen molar-refractivity contribution in [2.75, 3.05) is 13.2 Å². The molecule has 0 saturated heterocycles. The summed E-state index contributed by atoms with van der Waals surface area (Å²) in [5.74, 6) is -0.467. The molecule has 0 N–H and O–H groups in total. The Morgan fingerprint density at radius 3 is 2.29 bits per heavy atom. The molecule has 1 saturated carbocycles. The van der Waals surface area contributed by atoms with Gasteiger partial charge in [0.25, 0.3) is 0 Å². The topological polar surface area (TPSA) is 52.6 Å². The second-order valence-corrected chi connectivity index (χ2v) is 7.01. The summed E-state index contributed by atoms with van der Waals surface area (Å²) < 4.78 is 10.00. The molecule has 21 heavy (non-hydrogen) atoms. The lowest BCUT2D eigenvalue weighted by Gasteiger charge is -2.26. The van der Waals surface area contributed by atoms with E-state index in [-0.39, 0.29) is 36.7 Å². The van der Waals surface area contributed by atoms with Gasteiger partial charge in [0.15, 0.2) is 0 Å². The van der Waals surface area contributed by atoms with Crippen LogP contribution in [0.15, 0.2) is 0 Å². The van der Waals surface area contributed by atoms with Gasteiger partial charge in [-0.05, 0) is 19.3 Å². The van der Waals surface area contributed by atoms with Gasteiger partial charge in [-0.3, -0.25) is 9.59 Å². The van der Waals surface area contributed by atoms with Gasteiger partial charge in [-0.25, -0.2) is 0 Å². The normalized spacial score (nSPS) is 22.1. The zero-order valence-corrected chi connectivity index (χ0v) is 14.1. The van der Waals surface area contributed by atoms with Crippen molar-refractivity contribution in [3.8, 4) is 0 Å². The molecule has 0 aromatic carbocycles. The van der Waals surface area contributed by atoms with E-state index in [1.807, 2.05) is 0 Å². The Morgan fingerprint density at radius 1 is 1.05 bits per heavy atom. The highest BCUT2D eigenvalue weighted by molar-refractivity contribution is 6.44. The molecule has 0 radical (unpaired) electrons. The molecule has 0 spiro atoms. The summed E-state index contributed by atoms with van der Waals surface area (Å²) in [5.41, 5.74) is 0. The van der Waals surface area contributed by atoms with E-state index >= 15 is 0 Å². The van der Waals surface area contributed by atoms with Crippen LogP contribution in [0.25, 0.3) is 0 Å². The molecule has 4 nitrogen and oxygen atoms in total. The number of carbonyl (C=O) groups excluding carboxylic acids is 2. The summed E-state index contributed by atoms with van der Waals surface area (Å²) in [4.78, 5) is 22.1. The van der Waals surface area contributed by atoms with Crippen molar-refractivity contribution in [1.82, 2.24) is 0 Å². The molecule has 0 amide bonds. The average molecular weight is 360 g/mol. The van der Waals surface area contributed by atoms with E-state index in [4.69, 9.17) is 44.3 Å². The van der Waals surface area contributed by atoms with Crippen LogP contribution in [-0.4, -0.2) is 35.4 Å². The van der Waals surface area contributed by atoms with Crippen molar-refractivity contribution < 1.29 is 19.1 Å². The zero-order chi connectivity index (χ0) is 15.7. The molecule has 1 fully saturated rings. The van der Waals surface area contributed by atoms with Crippen LogP contribution >= 0.6 is 34.8 Å². The molecule has 1 aliphatic rings. The molecular formula is C14H21Cl3O4. The molecule has 0 heterocycles. The summed E-state index contributed by atoms with van der Waals surface area (Å²) in [6.07, 6.45) is 5.01. The number of hydrogen-bond donors (Lipinski definition) is 0. The van der Waals surface area contributed by atoms with E-state index in [2.05, 4.69) is 0 Å². The lowest BCUT2D eigenvalue weighted by molar-refractivity contribution is -0.146. The molecule has 122 valence electrons. The van der Waals surface area contributed by atoms with Crippen LogP contribution in [0.4, 0.5) is 0 Å². The minimum absolute atomic E-state index is 0.0365. The Morgan fingerprint density at radius 2 is 1.67 bits per heavy atom. The van der Waals surface area contributed by atoms with Crippen molar-refractivity contribution in [3.05, 3.63) is 0 Å². The van der Waals surface area contributed by atoms with Crippen LogP contribution in [0, 0.1) is 5.92 Å². The van der Waals surface area contributed by atoms with E-state index in [0.29, 0.717) is 13.0 Å². The highest BCUT2D eigenvalue weighted by Crippen LogP contribution is 2.28. The SMILES string of the molecule is O=C(CCCC(=O)OCC1CCCCC1Cl)OCC(Cl)Cl. The number of ether oxygens (including phenoxy) is 2. The second-order valence-electron chi connectivity index (χ2n) is 5.17. The Kier molecular flexibility index (Phi) is 9.45. The van der Waals surface area contributed by atoms with Gasteiger partial charge in [0.05, 0.1) is 6.61 Å². The summed E-state index contributed by atoms with van der Waals surface area (Å²) in [6.45, 7) is 0.336. The molecule has 2 atom stereocenters. The van der Waals surface area contributed by atoms with Crippen LogP contribution in [0.5, 0.6) is 0 Å². The molecule has 0 bridgehead atoms. The van der Waals surface area contributed by atoms with Gasteiger partial charge in [0, 0.05) is 24.1 Å². The van der Waals surface area contributed by atoms with Crippen LogP contribution < -0.4 is 0 Å². The van der Waals surface area contributed by atoms with Crippen molar-refractivity contribution in [2.45, 2.75) is 55.2 Å². The maximum atomic E-state index is 11.6. The second kappa shape index (κ2) is 10.5. The molecule has 0 aromatic heterocycles. The van der Waals surface area contributed by atoms with Crippen molar-refractivity contribution >= 4 is 46.7 Å². The van der Waals surface area contributed by atoms with Gasteiger partial charge in [0.2, 0.25) is 0 Å². The number of rotatable bonds is 8. The van der Waals surface area contributed by atoms with E-state index < -0.39 is 10.8 Å². The number of carbonyl (C=O) groups is 2. The highest BCUT2D eigenvalue weighted by atomic mass is 35.5. The Hall–Kier alpha value is -0.190. The first-order valence-corrected chi connectivity index (χ1v) is 8.53. The maximum absolute atomic E-state index is 11.6. The summed E-state index contributed by atoms with van der Waals surface area (Å²) in [6, 6.07) is 0. The number of alkyl halides is 3. The predicted octanol–water partition coefficient (Wildman–Crippen LogP) is 3.84. The largest absolute Gasteiger partial charge is 0.465 e. The third-order valence-corrected chi connectivity index (χ3v) is 4.23. The van der Waals surface area contributed by atoms with Crippen molar-refractivity contribution in [2.24, 2.45) is 5.92 Å².